The Bertz CT molecular complexity index is 370. The zero-order valence-electron chi connectivity index (χ0n) is 12.4. The molecule has 1 nitrogen and oxygen atoms in total. The number of rotatable bonds is 7. The zero-order chi connectivity index (χ0) is 14.3. The average Bonchev–Trinajstić information content (AvgIpc) is 2.46. The summed E-state index contributed by atoms with van der Waals surface area (Å²) in [5.74, 6) is 1.28. The van der Waals surface area contributed by atoms with Crippen LogP contribution in [0, 0.1) is 5.92 Å². The quantitative estimate of drug-likeness (QED) is 0.706. The summed E-state index contributed by atoms with van der Waals surface area (Å²) in [6, 6.07) is 10.6. The molecule has 112 valence electrons. The zero-order valence-corrected chi connectivity index (χ0v) is 13.1. The van der Waals surface area contributed by atoms with Crippen molar-refractivity contribution in [2.45, 2.75) is 63.4 Å². The fourth-order valence-electron chi connectivity index (χ4n) is 3.54. The Morgan fingerprint density at radius 1 is 1.10 bits per heavy atom. The Morgan fingerprint density at radius 3 is 2.45 bits per heavy atom. The first kappa shape index (κ1) is 15.9. The Labute approximate surface area is 128 Å². The molecule has 1 aliphatic carbocycles. The first-order valence-electron chi connectivity index (χ1n) is 8.04. The van der Waals surface area contributed by atoms with E-state index in [4.69, 9.17) is 11.6 Å². The van der Waals surface area contributed by atoms with Crippen LogP contribution in [0.4, 0.5) is 0 Å². The normalized spacial score (nSPS) is 19.7. The number of hydrogen-bond donors (Lipinski definition) is 1. The summed E-state index contributed by atoms with van der Waals surface area (Å²) in [4.78, 5) is 0. The molecule has 0 aliphatic heterocycles. The summed E-state index contributed by atoms with van der Waals surface area (Å²) in [6.07, 6.45) is 9.81. The van der Waals surface area contributed by atoms with E-state index in [2.05, 4.69) is 30.3 Å². The van der Waals surface area contributed by atoms with Gasteiger partial charge in [-0.2, -0.15) is 0 Å². The van der Waals surface area contributed by atoms with Gasteiger partial charge in [0.15, 0.2) is 0 Å². The Kier molecular flexibility index (Phi) is 6.38. The molecule has 2 heteroatoms. The van der Waals surface area contributed by atoms with Crippen molar-refractivity contribution in [2.75, 3.05) is 5.88 Å². The standard InChI is InChI=1S/C18H27ClO/c19-13-7-10-17(14-16-8-3-1-4-9-16)15-18(20)11-5-2-6-12-18/h1,3-4,8-9,17,20H,2,5-7,10-15H2. The molecule has 2 rings (SSSR count). The van der Waals surface area contributed by atoms with Gasteiger partial charge in [0.05, 0.1) is 5.60 Å². The topological polar surface area (TPSA) is 20.2 Å². The second-order valence-electron chi connectivity index (χ2n) is 6.38. The minimum atomic E-state index is -0.413. The van der Waals surface area contributed by atoms with Gasteiger partial charge < -0.3 is 5.11 Å². The van der Waals surface area contributed by atoms with Crippen LogP contribution in [0.3, 0.4) is 0 Å². The van der Waals surface area contributed by atoms with Gasteiger partial charge in [-0.15, -0.1) is 11.6 Å². The van der Waals surface area contributed by atoms with Crippen LogP contribution in [0.15, 0.2) is 30.3 Å². The van der Waals surface area contributed by atoms with Crippen LogP contribution in [-0.4, -0.2) is 16.6 Å². The van der Waals surface area contributed by atoms with Crippen LogP contribution >= 0.6 is 11.6 Å². The fraction of sp³-hybridized carbons (Fsp3) is 0.667. The van der Waals surface area contributed by atoms with Crippen molar-refractivity contribution in [1.29, 1.82) is 0 Å². The molecule has 0 spiro atoms. The largest absolute Gasteiger partial charge is 0.390 e. The van der Waals surface area contributed by atoms with E-state index in [9.17, 15) is 5.11 Å². The summed E-state index contributed by atoms with van der Waals surface area (Å²) in [7, 11) is 0. The molecule has 0 radical (unpaired) electrons. The molecule has 1 fully saturated rings. The molecule has 0 bridgehead atoms. The van der Waals surface area contributed by atoms with Gasteiger partial charge in [0.25, 0.3) is 0 Å². The Morgan fingerprint density at radius 2 is 1.80 bits per heavy atom. The van der Waals surface area contributed by atoms with Crippen molar-refractivity contribution in [1.82, 2.24) is 0 Å². The van der Waals surface area contributed by atoms with Crippen LogP contribution in [-0.2, 0) is 6.42 Å². The minimum Gasteiger partial charge on any atom is -0.390 e. The van der Waals surface area contributed by atoms with E-state index in [0.29, 0.717) is 5.92 Å². The molecule has 1 aromatic carbocycles. The smallest absolute Gasteiger partial charge is 0.0650 e. The number of alkyl halides is 1. The van der Waals surface area contributed by atoms with Crippen molar-refractivity contribution < 1.29 is 5.11 Å². The lowest BCUT2D eigenvalue weighted by Gasteiger charge is -2.35. The van der Waals surface area contributed by atoms with Crippen molar-refractivity contribution in [3.05, 3.63) is 35.9 Å². The van der Waals surface area contributed by atoms with Crippen LogP contribution in [0.25, 0.3) is 0 Å². The second-order valence-corrected chi connectivity index (χ2v) is 6.75. The van der Waals surface area contributed by atoms with E-state index in [1.165, 1.54) is 24.8 Å². The molecule has 1 atom stereocenters. The molecular weight excluding hydrogens is 268 g/mol. The van der Waals surface area contributed by atoms with Gasteiger partial charge in [-0.1, -0.05) is 49.6 Å². The highest BCUT2D eigenvalue weighted by Gasteiger charge is 2.31. The van der Waals surface area contributed by atoms with Gasteiger partial charge in [-0.3, -0.25) is 0 Å². The third-order valence-corrected chi connectivity index (χ3v) is 4.83. The first-order chi connectivity index (χ1) is 9.72. The molecule has 1 aromatic rings. The lowest BCUT2D eigenvalue weighted by Crippen LogP contribution is -2.34. The fourth-order valence-corrected chi connectivity index (χ4v) is 3.70. The van der Waals surface area contributed by atoms with Crippen LogP contribution in [0.2, 0.25) is 0 Å². The molecule has 1 aliphatic rings. The van der Waals surface area contributed by atoms with E-state index < -0.39 is 5.60 Å². The second kappa shape index (κ2) is 8.05. The van der Waals surface area contributed by atoms with E-state index in [-0.39, 0.29) is 0 Å². The molecular formula is C18H27ClO. The summed E-state index contributed by atoms with van der Waals surface area (Å²) < 4.78 is 0. The van der Waals surface area contributed by atoms with E-state index in [0.717, 1.165) is 44.4 Å². The van der Waals surface area contributed by atoms with Gasteiger partial charge in [-0.25, -0.2) is 0 Å². The number of hydrogen-bond acceptors (Lipinski definition) is 1. The molecule has 0 saturated heterocycles. The van der Waals surface area contributed by atoms with E-state index in [1.54, 1.807) is 0 Å². The SMILES string of the molecule is OC1(CC(CCCCl)Cc2ccccc2)CCCCC1. The maximum atomic E-state index is 10.8. The van der Waals surface area contributed by atoms with E-state index in [1.807, 2.05) is 0 Å². The van der Waals surface area contributed by atoms with Gasteiger partial charge in [-0.05, 0) is 50.0 Å². The highest BCUT2D eigenvalue weighted by Crippen LogP contribution is 2.35. The Hall–Kier alpha value is -0.530. The molecule has 0 aromatic heterocycles. The summed E-state index contributed by atoms with van der Waals surface area (Å²) in [5, 5.41) is 10.8. The van der Waals surface area contributed by atoms with Gasteiger partial charge >= 0.3 is 0 Å². The third kappa shape index (κ3) is 5.10. The Balaban J connectivity index is 1.95. The summed E-state index contributed by atoms with van der Waals surface area (Å²) >= 11 is 5.86. The lowest BCUT2D eigenvalue weighted by molar-refractivity contribution is -0.0186. The summed E-state index contributed by atoms with van der Waals surface area (Å²) in [6.45, 7) is 0. The predicted octanol–water partition coefficient (Wildman–Crippen LogP) is 4.95. The molecule has 1 unspecified atom stereocenters. The van der Waals surface area contributed by atoms with Crippen molar-refractivity contribution in [3.8, 4) is 0 Å². The van der Waals surface area contributed by atoms with Gasteiger partial charge in [0, 0.05) is 5.88 Å². The summed E-state index contributed by atoms with van der Waals surface area (Å²) in [5.41, 5.74) is 0.968. The molecule has 1 N–H and O–H groups in total. The van der Waals surface area contributed by atoms with Crippen molar-refractivity contribution >= 4 is 11.6 Å². The minimum absolute atomic E-state index is 0.413. The number of benzene rings is 1. The lowest BCUT2D eigenvalue weighted by atomic mass is 9.76. The van der Waals surface area contributed by atoms with Gasteiger partial charge in [0.2, 0.25) is 0 Å². The average molecular weight is 295 g/mol. The molecule has 0 heterocycles. The number of aliphatic hydroxyl groups is 1. The molecule has 20 heavy (non-hydrogen) atoms. The van der Waals surface area contributed by atoms with Crippen molar-refractivity contribution in [2.24, 2.45) is 5.92 Å². The van der Waals surface area contributed by atoms with Gasteiger partial charge in [0.1, 0.15) is 0 Å². The first-order valence-corrected chi connectivity index (χ1v) is 8.58. The number of halogens is 1. The highest BCUT2D eigenvalue weighted by atomic mass is 35.5. The maximum absolute atomic E-state index is 10.8. The van der Waals surface area contributed by atoms with Crippen molar-refractivity contribution in [3.63, 3.8) is 0 Å². The van der Waals surface area contributed by atoms with Crippen LogP contribution in [0.1, 0.15) is 56.9 Å². The molecule has 1 saturated carbocycles. The highest BCUT2D eigenvalue weighted by molar-refractivity contribution is 6.17. The molecule has 0 amide bonds. The maximum Gasteiger partial charge on any atom is 0.0650 e. The predicted molar refractivity (Wildman–Crippen MR) is 86.2 cm³/mol. The monoisotopic (exact) mass is 294 g/mol. The third-order valence-electron chi connectivity index (χ3n) is 4.57. The van der Waals surface area contributed by atoms with Crippen LogP contribution in [0.5, 0.6) is 0 Å². The van der Waals surface area contributed by atoms with Crippen LogP contribution < -0.4 is 0 Å². The van der Waals surface area contributed by atoms with E-state index >= 15 is 0 Å².